The smallest absolute Gasteiger partial charge is 0.264 e. The number of unbranched alkanes of at least 4 members (excludes halogenated alkanes) is 1. The van der Waals surface area contributed by atoms with E-state index in [0.717, 1.165) is 28.4 Å². The summed E-state index contributed by atoms with van der Waals surface area (Å²) in [5.41, 5.74) is 3.50. The van der Waals surface area contributed by atoms with Crippen molar-refractivity contribution in [3.63, 3.8) is 0 Å². The molecule has 0 saturated heterocycles. The van der Waals surface area contributed by atoms with Crippen molar-refractivity contribution >= 4 is 21.0 Å². The molecule has 3 rings (SSSR count). The van der Waals surface area contributed by atoms with E-state index in [1.54, 1.807) is 6.07 Å². The van der Waals surface area contributed by atoms with Gasteiger partial charge in [0.25, 0.3) is 10.1 Å². The first-order chi connectivity index (χ1) is 12.9. The normalized spacial score (nSPS) is 11.6. The predicted octanol–water partition coefficient (Wildman–Crippen LogP) is 4.14. The summed E-state index contributed by atoms with van der Waals surface area (Å²) in [6, 6.07) is 14.2. The lowest BCUT2D eigenvalue weighted by molar-refractivity contribution is 0.312. The number of nitriles is 1. The second-order valence-corrected chi connectivity index (χ2v) is 7.96. The van der Waals surface area contributed by atoms with Crippen molar-refractivity contribution in [1.29, 1.82) is 5.26 Å². The molecule has 0 fully saturated rings. The van der Waals surface area contributed by atoms with Crippen LogP contribution in [0.1, 0.15) is 24.1 Å². The van der Waals surface area contributed by atoms with Gasteiger partial charge in [-0.15, -0.1) is 0 Å². The fourth-order valence-corrected chi connectivity index (χ4v) is 3.51. The SMILES string of the molecule is CS(=O)(=O)OCCCCc1[nH]c2ccccc2c1-c1ccc(C#N)c(F)c1. The third-order valence-electron chi connectivity index (χ3n) is 4.28. The topological polar surface area (TPSA) is 83.0 Å². The Bertz CT molecular complexity index is 1110. The molecule has 1 heterocycles. The van der Waals surface area contributed by atoms with Gasteiger partial charge in [0, 0.05) is 22.2 Å². The zero-order valence-corrected chi connectivity index (χ0v) is 15.6. The minimum atomic E-state index is -3.43. The van der Waals surface area contributed by atoms with Crippen molar-refractivity contribution in [2.75, 3.05) is 12.9 Å². The molecule has 5 nitrogen and oxygen atoms in total. The van der Waals surface area contributed by atoms with Gasteiger partial charge in [-0.25, -0.2) is 4.39 Å². The Labute approximate surface area is 157 Å². The first-order valence-electron chi connectivity index (χ1n) is 8.53. The Kier molecular flexibility index (Phi) is 5.59. The highest BCUT2D eigenvalue weighted by Gasteiger charge is 2.15. The van der Waals surface area contributed by atoms with Gasteiger partial charge in [0.15, 0.2) is 0 Å². The highest BCUT2D eigenvalue weighted by molar-refractivity contribution is 7.85. The summed E-state index contributed by atoms with van der Waals surface area (Å²) >= 11 is 0. The van der Waals surface area contributed by atoms with Gasteiger partial charge < -0.3 is 4.98 Å². The molecule has 0 bridgehead atoms. The first-order valence-corrected chi connectivity index (χ1v) is 10.3. The Balaban J connectivity index is 1.88. The van der Waals surface area contributed by atoms with E-state index in [-0.39, 0.29) is 12.2 Å². The maximum absolute atomic E-state index is 14.1. The average Bonchev–Trinajstić information content (AvgIpc) is 2.98. The maximum atomic E-state index is 14.1. The van der Waals surface area contributed by atoms with Crippen LogP contribution in [0, 0.1) is 17.1 Å². The van der Waals surface area contributed by atoms with Crippen LogP contribution >= 0.6 is 0 Å². The van der Waals surface area contributed by atoms with Crippen LogP contribution in [-0.2, 0) is 20.7 Å². The average molecular weight is 386 g/mol. The number of hydrogen-bond donors (Lipinski definition) is 1. The number of aryl methyl sites for hydroxylation is 1. The molecule has 0 aliphatic rings. The van der Waals surface area contributed by atoms with E-state index < -0.39 is 15.9 Å². The van der Waals surface area contributed by atoms with Crippen LogP contribution in [0.15, 0.2) is 42.5 Å². The third kappa shape index (κ3) is 4.54. The monoisotopic (exact) mass is 386 g/mol. The highest BCUT2D eigenvalue weighted by Crippen LogP contribution is 2.34. The second-order valence-electron chi connectivity index (χ2n) is 6.31. The van der Waals surface area contributed by atoms with E-state index in [0.29, 0.717) is 24.8 Å². The molecule has 27 heavy (non-hydrogen) atoms. The summed E-state index contributed by atoms with van der Waals surface area (Å²) in [5, 5.41) is 9.92. The Morgan fingerprint density at radius 2 is 1.96 bits per heavy atom. The number of para-hydroxylation sites is 1. The Morgan fingerprint density at radius 1 is 1.19 bits per heavy atom. The molecule has 0 aliphatic carbocycles. The molecule has 2 aromatic carbocycles. The molecule has 0 amide bonds. The Morgan fingerprint density at radius 3 is 2.67 bits per heavy atom. The second kappa shape index (κ2) is 7.91. The van der Waals surface area contributed by atoms with Gasteiger partial charge in [-0.05, 0) is 43.0 Å². The van der Waals surface area contributed by atoms with Crippen LogP contribution in [0.25, 0.3) is 22.0 Å². The number of aromatic amines is 1. The summed E-state index contributed by atoms with van der Waals surface area (Å²) in [7, 11) is -3.43. The van der Waals surface area contributed by atoms with Crippen molar-refractivity contribution in [3.05, 3.63) is 59.5 Å². The van der Waals surface area contributed by atoms with Crippen LogP contribution in [0.4, 0.5) is 4.39 Å². The lowest BCUT2D eigenvalue weighted by atomic mass is 9.98. The first kappa shape index (κ1) is 19.1. The van der Waals surface area contributed by atoms with Crippen LogP contribution in [-0.4, -0.2) is 26.3 Å². The van der Waals surface area contributed by atoms with Crippen molar-refractivity contribution in [2.45, 2.75) is 19.3 Å². The fourth-order valence-electron chi connectivity index (χ4n) is 3.09. The molecule has 0 aliphatic heterocycles. The van der Waals surface area contributed by atoms with E-state index in [1.165, 1.54) is 12.1 Å². The van der Waals surface area contributed by atoms with Crippen molar-refractivity contribution < 1.29 is 17.0 Å². The van der Waals surface area contributed by atoms with E-state index in [1.807, 2.05) is 30.3 Å². The number of nitrogens with zero attached hydrogens (tertiary/aromatic N) is 1. The van der Waals surface area contributed by atoms with Gasteiger partial charge in [0.1, 0.15) is 11.9 Å². The number of aromatic nitrogens is 1. The number of rotatable bonds is 7. The van der Waals surface area contributed by atoms with Crippen molar-refractivity contribution in [1.82, 2.24) is 4.98 Å². The number of fused-ring (bicyclic) bond motifs is 1. The lowest BCUT2D eigenvalue weighted by Crippen LogP contribution is -2.04. The molecular weight excluding hydrogens is 367 g/mol. The van der Waals surface area contributed by atoms with E-state index in [4.69, 9.17) is 9.44 Å². The van der Waals surface area contributed by atoms with Crippen molar-refractivity contribution in [2.24, 2.45) is 0 Å². The summed E-state index contributed by atoms with van der Waals surface area (Å²) < 4.78 is 40.9. The molecule has 3 aromatic rings. The van der Waals surface area contributed by atoms with Gasteiger partial charge in [-0.3, -0.25) is 4.18 Å². The molecule has 0 spiro atoms. The zero-order chi connectivity index (χ0) is 19.4. The van der Waals surface area contributed by atoms with Gasteiger partial charge >= 0.3 is 0 Å². The third-order valence-corrected chi connectivity index (χ3v) is 4.88. The number of halogens is 1. The standard InChI is InChI=1S/C20H19FN2O3S/c1-27(24,25)26-11-5-4-8-19-20(16-6-2-3-7-18(16)23-19)14-9-10-15(13-22)17(21)12-14/h2-3,6-7,9-10,12,23H,4-5,8,11H2,1H3. The van der Waals surface area contributed by atoms with Gasteiger partial charge in [-0.2, -0.15) is 13.7 Å². The summed E-state index contributed by atoms with van der Waals surface area (Å²) in [4.78, 5) is 3.37. The molecule has 0 radical (unpaired) electrons. The number of nitrogens with one attached hydrogen (secondary N) is 1. The molecule has 7 heteroatoms. The molecule has 1 aromatic heterocycles. The molecule has 0 unspecified atom stereocenters. The summed E-state index contributed by atoms with van der Waals surface area (Å²) in [6.07, 6.45) is 3.00. The summed E-state index contributed by atoms with van der Waals surface area (Å²) in [5.74, 6) is -0.548. The van der Waals surface area contributed by atoms with Crippen LogP contribution in [0.5, 0.6) is 0 Å². The fraction of sp³-hybridized carbons (Fsp3) is 0.250. The molecule has 1 N–H and O–H groups in total. The van der Waals surface area contributed by atoms with E-state index in [2.05, 4.69) is 4.98 Å². The van der Waals surface area contributed by atoms with Gasteiger partial charge in [0.05, 0.1) is 18.4 Å². The minimum Gasteiger partial charge on any atom is -0.358 e. The van der Waals surface area contributed by atoms with Crippen LogP contribution in [0.2, 0.25) is 0 Å². The molecule has 0 atom stereocenters. The number of H-pyrrole nitrogens is 1. The predicted molar refractivity (Wildman–Crippen MR) is 102 cm³/mol. The number of hydrogen-bond acceptors (Lipinski definition) is 4. The quantitative estimate of drug-likeness (QED) is 0.488. The maximum Gasteiger partial charge on any atom is 0.264 e. The highest BCUT2D eigenvalue weighted by atomic mass is 32.2. The number of benzene rings is 2. The minimum absolute atomic E-state index is 0.0121. The van der Waals surface area contributed by atoms with Crippen LogP contribution < -0.4 is 0 Å². The summed E-state index contributed by atoms with van der Waals surface area (Å²) in [6.45, 7) is 0.139. The largest absolute Gasteiger partial charge is 0.358 e. The van der Waals surface area contributed by atoms with Crippen molar-refractivity contribution in [3.8, 4) is 17.2 Å². The van der Waals surface area contributed by atoms with Gasteiger partial charge in [0.2, 0.25) is 0 Å². The van der Waals surface area contributed by atoms with Gasteiger partial charge in [-0.1, -0.05) is 24.3 Å². The van der Waals surface area contributed by atoms with E-state index >= 15 is 0 Å². The lowest BCUT2D eigenvalue weighted by Gasteiger charge is -2.07. The molecule has 0 saturated carbocycles. The molecular formula is C20H19FN2O3S. The zero-order valence-electron chi connectivity index (χ0n) is 14.8. The Hall–Kier alpha value is -2.69. The van der Waals surface area contributed by atoms with Crippen LogP contribution in [0.3, 0.4) is 0 Å². The van der Waals surface area contributed by atoms with E-state index in [9.17, 15) is 12.8 Å². The molecule has 140 valence electrons.